The van der Waals surface area contributed by atoms with Crippen LogP contribution in [0.25, 0.3) is 88.0 Å². The molecule has 0 saturated carbocycles. The quantitative estimate of drug-likeness (QED) is 0.165. The Morgan fingerprint density at radius 3 is 1.30 bits per heavy atom. The highest BCUT2D eigenvalue weighted by Gasteiger charge is 2.19. The minimum absolute atomic E-state index is 0.854. The predicted molar refractivity (Wildman–Crippen MR) is 213 cm³/mol. The van der Waals surface area contributed by atoms with Gasteiger partial charge in [-0.3, -0.25) is 0 Å². The summed E-state index contributed by atoms with van der Waals surface area (Å²) < 4.78 is 5.48. The van der Waals surface area contributed by atoms with E-state index in [0.717, 1.165) is 11.3 Å². The number of hydrogen-bond donors (Lipinski definition) is 0. The molecular weight excluding hydrogens is 605 g/mol. The van der Waals surface area contributed by atoms with E-state index in [0.29, 0.717) is 0 Å². The van der Waals surface area contributed by atoms with Crippen LogP contribution in [0.4, 0.5) is 0 Å². The summed E-state index contributed by atoms with van der Waals surface area (Å²) in [4.78, 5) is 0. The third-order valence-corrected chi connectivity index (χ3v) is 9.97. The van der Waals surface area contributed by atoms with Gasteiger partial charge in [-0.2, -0.15) is 0 Å². The van der Waals surface area contributed by atoms with Crippen LogP contribution in [0.1, 0.15) is 0 Å². The van der Waals surface area contributed by atoms with Crippen molar-refractivity contribution >= 4 is 32.3 Å². The second kappa shape index (κ2) is 12.5. The Morgan fingerprint density at radius 2 is 0.700 bits per heavy atom. The van der Waals surface area contributed by atoms with Gasteiger partial charge in [-0.15, -0.1) is 0 Å². The van der Waals surface area contributed by atoms with E-state index in [9.17, 15) is 0 Å². The van der Waals surface area contributed by atoms with Gasteiger partial charge in [-0.05, 0) is 118 Å². The summed E-state index contributed by atoms with van der Waals surface area (Å²) in [7, 11) is 1.71. The van der Waals surface area contributed by atoms with Crippen LogP contribution in [0.3, 0.4) is 0 Å². The minimum Gasteiger partial charge on any atom is -0.497 e. The van der Waals surface area contributed by atoms with Crippen molar-refractivity contribution in [3.63, 3.8) is 0 Å². The molecular formula is C49H34O. The molecule has 0 aromatic heterocycles. The number of hydrogen-bond acceptors (Lipinski definition) is 1. The van der Waals surface area contributed by atoms with Crippen LogP contribution in [0.15, 0.2) is 188 Å². The van der Waals surface area contributed by atoms with Gasteiger partial charge >= 0.3 is 0 Å². The molecule has 1 heteroatoms. The van der Waals surface area contributed by atoms with E-state index in [2.05, 4.69) is 176 Å². The maximum Gasteiger partial charge on any atom is 0.118 e. The molecule has 0 unspecified atom stereocenters. The van der Waals surface area contributed by atoms with Crippen molar-refractivity contribution in [1.29, 1.82) is 0 Å². The second-order valence-electron chi connectivity index (χ2n) is 12.9. The Balaban J connectivity index is 1.37. The fourth-order valence-electron chi connectivity index (χ4n) is 7.43. The van der Waals surface area contributed by atoms with Crippen molar-refractivity contribution < 1.29 is 4.74 Å². The van der Waals surface area contributed by atoms with Crippen molar-refractivity contribution in [2.75, 3.05) is 7.11 Å². The molecule has 0 heterocycles. The van der Waals surface area contributed by atoms with Gasteiger partial charge in [-0.1, -0.05) is 158 Å². The van der Waals surface area contributed by atoms with Gasteiger partial charge in [0.05, 0.1) is 7.11 Å². The van der Waals surface area contributed by atoms with E-state index in [-0.39, 0.29) is 0 Å². The summed E-state index contributed by atoms with van der Waals surface area (Å²) in [6, 6.07) is 68.3. The third-order valence-electron chi connectivity index (χ3n) is 9.97. The minimum atomic E-state index is 0.854. The molecule has 0 bridgehead atoms. The summed E-state index contributed by atoms with van der Waals surface area (Å²) in [5.41, 5.74) is 12.1. The Morgan fingerprint density at radius 1 is 0.280 bits per heavy atom. The molecule has 9 aromatic rings. The van der Waals surface area contributed by atoms with Gasteiger partial charge in [0.2, 0.25) is 0 Å². The van der Waals surface area contributed by atoms with Gasteiger partial charge in [0.25, 0.3) is 0 Å². The van der Waals surface area contributed by atoms with Crippen molar-refractivity contribution in [2.24, 2.45) is 0 Å². The first-order valence-electron chi connectivity index (χ1n) is 17.1. The maximum atomic E-state index is 5.48. The topological polar surface area (TPSA) is 9.23 Å². The number of benzene rings is 9. The molecule has 236 valence electrons. The zero-order valence-electron chi connectivity index (χ0n) is 27.8. The average molecular weight is 639 g/mol. The Bertz CT molecular complexity index is 2640. The van der Waals surface area contributed by atoms with Crippen LogP contribution in [0, 0.1) is 0 Å². The number of methoxy groups -OCH3 is 1. The lowest BCUT2D eigenvalue weighted by atomic mass is 9.83. The molecule has 0 aliphatic rings. The van der Waals surface area contributed by atoms with Crippen LogP contribution < -0.4 is 4.74 Å². The largest absolute Gasteiger partial charge is 0.497 e. The lowest BCUT2D eigenvalue weighted by Crippen LogP contribution is -1.93. The van der Waals surface area contributed by atoms with Crippen molar-refractivity contribution in [3.05, 3.63) is 188 Å². The molecule has 0 aliphatic carbocycles. The van der Waals surface area contributed by atoms with E-state index >= 15 is 0 Å². The highest BCUT2D eigenvalue weighted by atomic mass is 16.5. The van der Waals surface area contributed by atoms with Crippen LogP contribution in [0.5, 0.6) is 5.75 Å². The highest BCUT2D eigenvalue weighted by molar-refractivity contribution is 6.23. The van der Waals surface area contributed by atoms with E-state index in [1.165, 1.54) is 82.4 Å². The third kappa shape index (κ3) is 5.30. The number of fused-ring (bicyclic) bond motifs is 3. The molecule has 9 aromatic carbocycles. The Hall–Kier alpha value is -6.44. The molecule has 1 nitrogen and oxygen atoms in total. The highest BCUT2D eigenvalue weighted by Crippen LogP contribution is 2.46. The first kappa shape index (κ1) is 29.7. The SMILES string of the molecule is COc1ccc(-c2ccc3c(-c4ccc5ccccc5c4)c4cc(-c5ccccc5)ccc4c(-c4ccc(-c5ccccc5)cc4)c3c2)cc1. The first-order chi connectivity index (χ1) is 24.7. The van der Waals surface area contributed by atoms with E-state index in [4.69, 9.17) is 4.74 Å². The van der Waals surface area contributed by atoms with E-state index in [1.807, 2.05) is 12.1 Å². The van der Waals surface area contributed by atoms with Crippen LogP contribution in [-0.2, 0) is 0 Å². The summed E-state index contributed by atoms with van der Waals surface area (Å²) in [5, 5.41) is 7.42. The summed E-state index contributed by atoms with van der Waals surface area (Å²) in [5.74, 6) is 0.854. The smallest absolute Gasteiger partial charge is 0.118 e. The summed E-state index contributed by atoms with van der Waals surface area (Å²) >= 11 is 0. The molecule has 0 amide bonds. The zero-order chi connectivity index (χ0) is 33.4. The molecule has 0 fully saturated rings. The maximum absolute atomic E-state index is 5.48. The van der Waals surface area contributed by atoms with Crippen molar-refractivity contribution in [2.45, 2.75) is 0 Å². The summed E-state index contributed by atoms with van der Waals surface area (Å²) in [6.07, 6.45) is 0. The zero-order valence-corrected chi connectivity index (χ0v) is 27.8. The molecule has 9 rings (SSSR count). The molecule has 0 N–H and O–H groups in total. The van der Waals surface area contributed by atoms with Crippen LogP contribution >= 0.6 is 0 Å². The lowest BCUT2D eigenvalue weighted by molar-refractivity contribution is 0.415. The van der Waals surface area contributed by atoms with Crippen molar-refractivity contribution in [3.8, 4) is 61.4 Å². The first-order valence-corrected chi connectivity index (χ1v) is 17.1. The lowest BCUT2D eigenvalue weighted by Gasteiger charge is -2.20. The van der Waals surface area contributed by atoms with E-state index in [1.54, 1.807) is 7.11 Å². The standard InChI is InChI=1S/C49H34O/c1-50-43-26-22-37(23-27-43)41-25-29-45-46(32-41)48(38-19-16-36(17-20-38)33-10-4-2-5-11-33)44-28-24-40(34-12-6-3-7-13-34)31-47(44)49(45)42-21-18-35-14-8-9-15-39(35)30-42/h2-32H,1H3. The molecule has 50 heavy (non-hydrogen) atoms. The fourth-order valence-corrected chi connectivity index (χ4v) is 7.43. The van der Waals surface area contributed by atoms with Gasteiger partial charge in [0.15, 0.2) is 0 Å². The monoisotopic (exact) mass is 638 g/mol. The second-order valence-corrected chi connectivity index (χ2v) is 12.9. The van der Waals surface area contributed by atoms with Gasteiger partial charge in [0.1, 0.15) is 5.75 Å². The van der Waals surface area contributed by atoms with Crippen molar-refractivity contribution in [1.82, 2.24) is 0 Å². The molecule has 0 aliphatic heterocycles. The number of rotatable bonds is 6. The normalized spacial score (nSPS) is 11.3. The van der Waals surface area contributed by atoms with Gasteiger partial charge in [0, 0.05) is 0 Å². The fraction of sp³-hybridized carbons (Fsp3) is 0.0204. The molecule has 0 radical (unpaired) electrons. The predicted octanol–water partition coefficient (Wildman–Crippen LogP) is 13.5. The number of ether oxygens (including phenoxy) is 1. The average Bonchev–Trinajstić information content (AvgIpc) is 3.20. The molecule has 0 saturated heterocycles. The van der Waals surface area contributed by atoms with E-state index < -0.39 is 0 Å². The van der Waals surface area contributed by atoms with Crippen LogP contribution in [-0.4, -0.2) is 7.11 Å². The van der Waals surface area contributed by atoms with Gasteiger partial charge < -0.3 is 4.74 Å². The Kier molecular flexibility index (Phi) is 7.44. The molecule has 0 atom stereocenters. The Labute approximate surface area is 292 Å². The van der Waals surface area contributed by atoms with Gasteiger partial charge in [-0.25, -0.2) is 0 Å². The summed E-state index contributed by atoms with van der Waals surface area (Å²) in [6.45, 7) is 0. The van der Waals surface area contributed by atoms with Crippen LogP contribution in [0.2, 0.25) is 0 Å². The molecule has 0 spiro atoms.